The monoisotopic (exact) mass is 267 g/mol. The highest BCUT2D eigenvalue weighted by Crippen LogP contribution is 2.16. The highest BCUT2D eigenvalue weighted by molar-refractivity contribution is 6.17. The molecule has 0 bridgehead atoms. The number of hydrogen-bond donors (Lipinski definition) is 0. The normalized spacial score (nSPS) is 11.3. The maximum Gasteiger partial charge on any atom is 0.160 e. The number of fused-ring (bicyclic) bond motifs is 1. The molecule has 2 rings (SSSR count). The Balaban J connectivity index is 2.36. The van der Waals surface area contributed by atoms with Crippen molar-refractivity contribution >= 4 is 22.8 Å². The van der Waals surface area contributed by atoms with Crippen LogP contribution in [0, 0.1) is 6.92 Å². The van der Waals surface area contributed by atoms with Crippen LogP contribution in [-0.4, -0.2) is 34.1 Å². The highest BCUT2D eigenvalue weighted by Gasteiger charge is 2.11. The van der Waals surface area contributed by atoms with Gasteiger partial charge in [-0.05, 0) is 25.5 Å². The number of pyridine rings is 1. The van der Waals surface area contributed by atoms with Gasteiger partial charge in [0, 0.05) is 38.3 Å². The number of ether oxygens (including phenoxy) is 1. The molecule has 0 aliphatic carbocycles. The van der Waals surface area contributed by atoms with Crippen LogP contribution in [0.2, 0.25) is 0 Å². The van der Waals surface area contributed by atoms with Crippen molar-refractivity contribution in [3.8, 4) is 0 Å². The van der Waals surface area contributed by atoms with Crippen LogP contribution in [-0.2, 0) is 17.7 Å². The van der Waals surface area contributed by atoms with Crippen LogP contribution >= 0.6 is 11.6 Å². The molecule has 0 radical (unpaired) electrons. The highest BCUT2D eigenvalue weighted by atomic mass is 35.5. The summed E-state index contributed by atoms with van der Waals surface area (Å²) in [5, 5.41) is 0. The first kappa shape index (κ1) is 13.3. The molecule has 0 N–H and O–H groups in total. The third-order valence-electron chi connectivity index (χ3n) is 2.86. The Bertz CT molecular complexity index is 524. The van der Waals surface area contributed by atoms with Gasteiger partial charge in [-0.1, -0.05) is 0 Å². The standard InChI is InChI=1S/C13H18ClN3O/c1-10-4-5-11-13(15-10)17(8-3-9-18-2)12(16-11)6-7-14/h4-5H,3,6-9H2,1-2H3. The average Bonchev–Trinajstić information content (AvgIpc) is 2.68. The van der Waals surface area contributed by atoms with Gasteiger partial charge in [0.15, 0.2) is 5.65 Å². The maximum absolute atomic E-state index is 5.83. The van der Waals surface area contributed by atoms with Gasteiger partial charge in [-0.3, -0.25) is 0 Å². The van der Waals surface area contributed by atoms with E-state index in [1.807, 2.05) is 19.1 Å². The van der Waals surface area contributed by atoms with Crippen molar-refractivity contribution in [1.29, 1.82) is 0 Å². The van der Waals surface area contributed by atoms with Crippen LogP contribution in [0.15, 0.2) is 12.1 Å². The van der Waals surface area contributed by atoms with Crippen LogP contribution in [0.1, 0.15) is 17.9 Å². The molecule has 0 spiro atoms. The molecule has 2 aromatic rings. The Morgan fingerprint density at radius 1 is 1.33 bits per heavy atom. The van der Waals surface area contributed by atoms with Crippen LogP contribution in [0.5, 0.6) is 0 Å². The van der Waals surface area contributed by atoms with Gasteiger partial charge in [-0.2, -0.15) is 0 Å². The molecule has 0 fully saturated rings. The van der Waals surface area contributed by atoms with Gasteiger partial charge >= 0.3 is 0 Å². The molecule has 0 atom stereocenters. The summed E-state index contributed by atoms with van der Waals surface area (Å²) in [6, 6.07) is 4.00. The fourth-order valence-electron chi connectivity index (χ4n) is 2.02. The summed E-state index contributed by atoms with van der Waals surface area (Å²) >= 11 is 5.83. The average molecular weight is 268 g/mol. The maximum atomic E-state index is 5.83. The fraction of sp³-hybridized carbons (Fsp3) is 0.538. The summed E-state index contributed by atoms with van der Waals surface area (Å²) in [4.78, 5) is 9.17. The summed E-state index contributed by atoms with van der Waals surface area (Å²) in [5.74, 6) is 1.58. The lowest BCUT2D eigenvalue weighted by Gasteiger charge is -2.07. The molecule has 0 unspecified atom stereocenters. The van der Waals surface area contributed by atoms with E-state index < -0.39 is 0 Å². The van der Waals surface area contributed by atoms with Gasteiger partial charge in [0.1, 0.15) is 11.3 Å². The summed E-state index contributed by atoms with van der Waals surface area (Å²) in [5.41, 5.74) is 2.90. The van der Waals surface area contributed by atoms with Gasteiger partial charge in [0.2, 0.25) is 0 Å². The lowest BCUT2D eigenvalue weighted by atomic mass is 10.3. The Morgan fingerprint density at radius 3 is 2.89 bits per heavy atom. The van der Waals surface area contributed by atoms with Crippen LogP contribution in [0.3, 0.4) is 0 Å². The molecule has 0 saturated carbocycles. The molecule has 5 heteroatoms. The quantitative estimate of drug-likeness (QED) is 0.597. The summed E-state index contributed by atoms with van der Waals surface area (Å²) in [7, 11) is 1.72. The van der Waals surface area contributed by atoms with E-state index in [-0.39, 0.29) is 0 Å². The fourth-order valence-corrected chi connectivity index (χ4v) is 2.19. The molecule has 0 saturated heterocycles. The van der Waals surface area contributed by atoms with Crippen molar-refractivity contribution in [3.05, 3.63) is 23.7 Å². The Labute approximate surface area is 112 Å². The molecule has 98 valence electrons. The number of aromatic nitrogens is 3. The predicted octanol–water partition coefficient (Wildman–Crippen LogP) is 2.56. The molecule has 0 aromatic carbocycles. The second-order valence-electron chi connectivity index (χ2n) is 4.26. The van der Waals surface area contributed by atoms with E-state index in [1.54, 1.807) is 7.11 Å². The van der Waals surface area contributed by atoms with E-state index in [2.05, 4.69) is 14.5 Å². The third kappa shape index (κ3) is 2.82. The first-order valence-electron chi connectivity index (χ1n) is 6.14. The number of imidazole rings is 1. The minimum atomic E-state index is 0.576. The first-order valence-corrected chi connectivity index (χ1v) is 6.67. The second-order valence-corrected chi connectivity index (χ2v) is 4.64. The van der Waals surface area contributed by atoms with Gasteiger partial charge < -0.3 is 9.30 Å². The summed E-state index contributed by atoms with van der Waals surface area (Å²) < 4.78 is 7.25. The largest absolute Gasteiger partial charge is 0.385 e. The van der Waals surface area contributed by atoms with Crippen molar-refractivity contribution in [2.75, 3.05) is 19.6 Å². The van der Waals surface area contributed by atoms with Crippen molar-refractivity contribution in [3.63, 3.8) is 0 Å². The number of aryl methyl sites for hydroxylation is 3. The Morgan fingerprint density at radius 2 is 2.17 bits per heavy atom. The minimum Gasteiger partial charge on any atom is -0.385 e. The topological polar surface area (TPSA) is 39.9 Å². The van der Waals surface area contributed by atoms with E-state index in [1.165, 1.54) is 0 Å². The van der Waals surface area contributed by atoms with Crippen LogP contribution in [0.4, 0.5) is 0 Å². The number of alkyl halides is 1. The molecule has 2 heterocycles. The van der Waals surface area contributed by atoms with Gasteiger partial charge in [-0.15, -0.1) is 11.6 Å². The van der Waals surface area contributed by atoms with E-state index in [4.69, 9.17) is 16.3 Å². The molecule has 0 aliphatic heterocycles. The van der Waals surface area contributed by atoms with Crippen LogP contribution < -0.4 is 0 Å². The zero-order valence-corrected chi connectivity index (χ0v) is 11.6. The predicted molar refractivity (Wildman–Crippen MR) is 73.2 cm³/mol. The lowest BCUT2D eigenvalue weighted by Crippen LogP contribution is -2.07. The van der Waals surface area contributed by atoms with Crippen LogP contribution in [0.25, 0.3) is 11.2 Å². The zero-order valence-electron chi connectivity index (χ0n) is 10.8. The molecular weight excluding hydrogens is 250 g/mol. The molecule has 18 heavy (non-hydrogen) atoms. The lowest BCUT2D eigenvalue weighted by molar-refractivity contribution is 0.190. The third-order valence-corrected chi connectivity index (χ3v) is 3.05. The van der Waals surface area contributed by atoms with Gasteiger partial charge in [-0.25, -0.2) is 9.97 Å². The molecule has 4 nitrogen and oxygen atoms in total. The molecule has 0 amide bonds. The van der Waals surface area contributed by atoms with E-state index in [0.717, 1.165) is 48.7 Å². The number of hydrogen-bond acceptors (Lipinski definition) is 3. The smallest absolute Gasteiger partial charge is 0.160 e. The molecule has 2 aromatic heterocycles. The number of rotatable bonds is 6. The van der Waals surface area contributed by atoms with E-state index >= 15 is 0 Å². The van der Waals surface area contributed by atoms with Crippen molar-refractivity contribution in [2.45, 2.75) is 26.3 Å². The Hall–Kier alpha value is -1.13. The van der Waals surface area contributed by atoms with Gasteiger partial charge in [0.25, 0.3) is 0 Å². The number of methoxy groups -OCH3 is 1. The van der Waals surface area contributed by atoms with Crippen molar-refractivity contribution in [2.24, 2.45) is 0 Å². The van der Waals surface area contributed by atoms with E-state index in [0.29, 0.717) is 5.88 Å². The Kier molecular flexibility index (Phi) is 4.55. The van der Waals surface area contributed by atoms with Crippen molar-refractivity contribution < 1.29 is 4.74 Å². The molecule has 0 aliphatic rings. The number of halogens is 1. The van der Waals surface area contributed by atoms with Gasteiger partial charge in [0.05, 0.1) is 0 Å². The van der Waals surface area contributed by atoms with E-state index in [9.17, 15) is 0 Å². The zero-order chi connectivity index (χ0) is 13.0. The summed E-state index contributed by atoms with van der Waals surface area (Å²) in [6.07, 6.45) is 1.72. The van der Waals surface area contributed by atoms with Crippen molar-refractivity contribution in [1.82, 2.24) is 14.5 Å². The summed E-state index contributed by atoms with van der Waals surface area (Å²) in [6.45, 7) is 3.60. The first-order chi connectivity index (χ1) is 8.76. The number of nitrogens with zero attached hydrogens (tertiary/aromatic N) is 3. The second kappa shape index (κ2) is 6.16. The molecular formula is C13H18ClN3O. The minimum absolute atomic E-state index is 0.576. The SMILES string of the molecule is COCCCn1c(CCCl)nc2ccc(C)nc21.